The molecule has 0 spiro atoms. The molecular weight excluding hydrogens is 371 g/mol. The van der Waals surface area contributed by atoms with Gasteiger partial charge in [0.15, 0.2) is 0 Å². The highest BCUT2D eigenvalue weighted by Crippen LogP contribution is 2.37. The van der Waals surface area contributed by atoms with Crippen molar-refractivity contribution in [2.24, 2.45) is 0 Å². The molecule has 120 valence electrons. The predicted molar refractivity (Wildman–Crippen MR) is 79.9 cm³/mol. The molecule has 0 aliphatic carbocycles. The molecule has 1 aromatic carbocycles. The third-order valence-electron chi connectivity index (χ3n) is 3.05. The molecule has 8 heteroatoms. The Morgan fingerprint density at radius 3 is 2.43 bits per heavy atom. The van der Waals surface area contributed by atoms with E-state index in [1.165, 1.54) is 6.07 Å². The summed E-state index contributed by atoms with van der Waals surface area (Å²) in [5, 5.41) is 2.83. The number of alkyl halides is 3. The van der Waals surface area contributed by atoms with E-state index in [2.05, 4.69) is 21.2 Å². The Morgan fingerprint density at radius 1 is 1.33 bits per heavy atom. The van der Waals surface area contributed by atoms with Gasteiger partial charge in [-0.2, -0.15) is 13.2 Å². The maximum absolute atomic E-state index is 13.1. The fourth-order valence-corrected chi connectivity index (χ4v) is 3.13. The average molecular weight is 388 g/mol. The minimum Gasteiger partial charge on any atom is -0.313 e. The maximum Gasteiger partial charge on any atom is 0.416 e. The second-order valence-corrected chi connectivity index (χ2v) is 8.02. The van der Waals surface area contributed by atoms with Crippen molar-refractivity contribution in [3.05, 3.63) is 33.8 Å². The molecule has 1 atom stereocenters. The first-order chi connectivity index (χ1) is 9.54. The molecule has 21 heavy (non-hydrogen) atoms. The molecule has 0 saturated carbocycles. The summed E-state index contributed by atoms with van der Waals surface area (Å²) < 4.78 is 61.8. The molecule has 0 aliphatic heterocycles. The van der Waals surface area contributed by atoms with Crippen molar-refractivity contribution in [3.63, 3.8) is 0 Å². The minimum absolute atomic E-state index is 0.0386. The second-order valence-electron chi connectivity index (χ2n) is 4.84. The zero-order valence-electron chi connectivity index (χ0n) is 11.7. The van der Waals surface area contributed by atoms with Gasteiger partial charge < -0.3 is 5.32 Å². The monoisotopic (exact) mass is 387 g/mol. The predicted octanol–water partition coefficient (Wildman–Crippen LogP) is 3.55. The van der Waals surface area contributed by atoms with Crippen molar-refractivity contribution in [2.75, 3.05) is 19.1 Å². The molecule has 0 saturated heterocycles. The summed E-state index contributed by atoms with van der Waals surface area (Å²) in [4.78, 5) is 0. The summed E-state index contributed by atoms with van der Waals surface area (Å²) >= 11 is 3.04. The first-order valence-corrected chi connectivity index (χ1v) is 9.11. The van der Waals surface area contributed by atoms with E-state index >= 15 is 0 Å². The van der Waals surface area contributed by atoms with Crippen LogP contribution < -0.4 is 5.32 Å². The van der Waals surface area contributed by atoms with E-state index in [1.54, 1.807) is 13.1 Å². The fraction of sp³-hybridized carbons (Fsp3) is 0.538. The lowest BCUT2D eigenvalue weighted by Crippen LogP contribution is -2.21. The van der Waals surface area contributed by atoms with Crippen molar-refractivity contribution in [1.82, 2.24) is 5.32 Å². The fourth-order valence-electron chi connectivity index (χ4n) is 2.08. The molecule has 0 fully saturated rings. The van der Waals surface area contributed by atoms with Gasteiger partial charge >= 0.3 is 6.18 Å². The molecule has 1 N–H and O–H groups in total. The lowest BCUT2D eigenvalue weighted by Gasteiger charge is -2.21. The summed E-state index contributed by atoms with van der Waals surface area (Å²) in [5.41, 5.74) is -0.586. The largest absolute Gasteiger partial charge is 0.416 e. The van der Waals surface area contributed by atoms with Gasteiger partial charge in [-0.3, -0.25) is 0 Å². The number of halogens is 4. The van der Waals surface area contributed by atoms with E-state index in [4.69, 9.17) is 0 Å². The lowest BCUT2D eigenvalue weighted by molar-refractivity contribution is -0.138. The van der Waals surface area contributed by atoms with E-state index in [9.17, 15) is 21.6 Å². The number of nitrogens with one attached hydrogen (secondary N) is 1. The topological polar surface area (TPSA) is 46.2 Å². The van der Waals surface area contributed by atoms with Crippen LogP contribution in [-0.2, 0) is 16.0 Å². The van der Waals surface area contributed by atoms with Gasteiger partial charge in [0.05, 0.1) is 5.56 Å². The SMILES string of the molecule is CNC(CCCS(C)(=O)=O)c1ccc(Br)cc1C(F)(F)F. The first-order valence-electron chi connectivity index (χ1n) is 6.26. The van der Waals surface area contributed by atoms with Crippen LogP contribution in [0.5, 0.6) is 0 Å². The highest BCUT2D eigenvalue weighted by Gasteiger charge is 2.35. The molecule has 1 rings (SSSR count). The highest BCUT2D eigenvalue weighted by atomic mass is 79.9. The standard InChI is InChI=1S/C13H17BrF3NO2S/c1-18-12(4-3-7-21(2,19)20)10-6-5-9(14)8-11(10)13(15,16)17/h5-6,8,12,18H,3-4,7H2,1-2H3. The Bertz CT molecular complexity index is 588. The Kier molecular flexibility index (Phi) is 6.24. The van der Waals surface area contributed by atoms with Crippen molar-refractivity contribution >= 4 is 25.8 Å². The highest BCUT2D eigenvalue weighted by molar-refractivity contribution is 9.10. The normalized spacial score (nSPS) is 14.2. The van der Waals surface area contributed by atoms with Gasteiger partial charge in [0.2, 0.25) is 0 Å². The zero-order valence-corrected chi connectivity index (χ0v) is 14.1. The summed E-state index contributed by atoms with van der Waals surface area (Å²) in [6, 6.07) is 3.45. The van der Waals surface area contributed by atoms with Gasteiger partial charge in [-0.1, -0.05) is 22.0 Å². The summed E-state index contributed by atoms with van der Waals surface area (Å²) in [6.45, 7) is 0. The Hall–Kier alpha value is -0.600. The van der Waals surface area contributed by atoms with Crippen LogP contribution in [0.2, 0.25) is 0 Å². The molecule has 0 heterocycles. The number of hydrogen-bond acceptors (Lipinski definition) is 3. The summed E-state index contributed by atoms with van der Waals surface area (Å²) in [5.74, 6) is -0.0386. The van der Waals surface area contributed by atoms with E-state index in [0.717, 1.165) is 12.3 Å². The van der Waals surface area contributed by atoms with Gasteiger partial charge in [-0.05, 0) is 37.6 Å². The first kappa shape index (κ1) is 18.4. The van der Waals surface area contributed by atoms with Crippen LogP contribution in [0.3, 0.4) is 0 Å². The van der Waals surface area contributed by atoms with Crippen LogP contribution >= 0.6 is 15.9 Å². The number of sulfone groups is 1. The third-order valence-corrected chi connectivity index (χ3v) is 4.58. The molecule has 3 nitrogen and oxygen atoms in total. The smallest absolute Gasteiger partial charge is 0.313 e. The summed E-state index contributed by atoms with van der Waals surface area (Å²) in [6.07, 6.45) is -2.72. The maximum atomic E-state index is 13.1. The van der Waals surface area contributed by atoms with Gasteiger partial charge in [-0.15, -0.1) is 0 Å². The van der Waals surface area contributed by atoms with Crippen molar-refractivity contribution in [3.8, 4) is 0 Å². The number of benzene rings is 1. The lowest BCUT2D eigenvalue weighted by atomic mass is 9.97. The van der Waals surface area contributed by atoms with Gasteiger partial charge in [0, 0.05) is 22.5 Å². The second kappa shape index (κ2) is 7.11. The number of rotatable bonds is 6. The van der Waals surface area contributed by atoms with Crippen LogP contribution in [0.25, 0.3) is 0 Å². The molecule has 0 radical (unpaired) electrons. The Morgan fingerprint density at radius 2 is 1.95 bits per heavy atom. The Balaban J connectivity index is 3.00. The van der Waals surface area contributed by atoms with Crippen LogP contribution in [-0.4, -0.2) is 27.5 Å². The molecule has 0 bridgehead atoms. The molecule has 1 unspecified atom stereocenters. The van der Waals surface area contributed by atoms with Crippen LogP contribution in [0.15, 0.2) is 22.7 Å². The molecular formula is C13H17BrF3NO2S. The molecule has 0 aromatic heterocycles. The third kappa shape index (κ3) is 5.96. The minimum atomic E-state index is -4.45. The van der Waals surface area contributed by atoms with E-state index in [1.807, 2.05) is 0 Å². The van der Waals surface area contributed by atoms with Crippen LogP contribution in [0, 0.1) is 0 Å². The average Bonchev–Trinajstić information content (AvgIpc) is 2.33. The number of hydrogen-bond donors (Lipinski definition) is 1. The quantitative estimate of drug-likeness (QED) is 0.811. The van der Waals surface area contributed by atoms with Gasteiger partial charge in [0.1, 0.15) is 9.84 Å². The molecule has 1 aromatic rings. The van der Waals surface area contributed by atoms with E-state index in [0.29, 0.717) is 17.3 Å². The van der Waals surface area contributed by atoms with Crippen LogP contribution in [0.1, 0.15) is 30.0 Å². The van der Waals surface area contributed by atoms with E-state index < -0.39 is 27.6 Å². The van der Waals surface area contributed by atoms with Crippen molar-refractivity contribution in [1.29, 1.82) is 0 Å². The van der Waals surface area contributed by atoms with Crippen molar-refractivity contribution < 1.29 is 21.6 Å². The zero-order chi connectivity index (χ0) is 16.3. The molecule has 0 aliphatic rings. The van der Waals surface area contributed by atoms with Crippen molar-refractivity contribution in [2.45, 2.75) is 25.1 Å². The van der Waals surface area contributed by atoms with Gasteiger partial charge in [-0.25, -0.2) is 8.42 Å². The Labute approximate surface area is 131 Å². The van der Waals surface area contributed by atoms with E-state index in [-0.39, 0.29) is 11.3 Å². The van der Waals surface area contributed by atoms with Crippen LogP contribution in [0.4, 0.5) is 13.2 Å². The molecule has 0 amide bonds. The summed E-state index contributed by atoms with van der Waals surface area (Å²) in [7, 11) is -1.55. The van der Waals surface area contributed by atoms with Gasteiger partial charge in [0.25, 0.3) is 0 Å².